The minimum Gasteiger partial charge on any atom is -0.306 e. The van der Waals surface area contributed by atoms with Gasteiger partial charge >= 0.3 is 0 Å². The molecular weight excluding hydrogens is 1550 g/mol. The Labute approximate surface area is 740 Å². The van der Waals surface area contributed by atoms with Gasteiger partial charge in [0.05, 0.1) is 108 Å². The highest BCUT2D eigenvalue weighted by Gasteiger charge is 2.35. The van der Waals surface area contributed by atoms with Crippen molar-refractivity contribution in [2.24, 2.45) is 0 Å². The van der Waals surface area contributed by atoms with Crippen LogP contribution in [0.3, 0.4) is 0 Å². The van der Waals surface area contributed by atoms with Gasteiger partial charge in [0.1, 0.15) is 28.9 Å². The zero-order chi connectivity index (χ0) is 88.2. The Morgan fingerprint density at radius 2 is 0.559 bits per heavy atom. The van der Waals surface area contributed by atoms with Crippen LogP contribution in [-0.2, 0) is 0 Å². The molecule has 26 rings (SSSR count). The number of rotatable bonds is 12. The van der Waals surface area contributed by atoms with E-state index in [-0.39, 0.29) is 29.7 Å². The van der Waals surface area contributed by atoms with Crippen LogP contribution in [0.5, 0.6) is 0 Å². The topological polar surface area (TPSA) is 93.4 Å². The maximum absolute atomic E-state index is 8.34. The fourth-order valence-electron chi connectivity index (χ4n) is 18.4. The van der Waals surface area contributed by atoms with Crippen molar-refractivity contribution in [3.8, 4) is 96.0 Å². The Bertz CT molecular complexity index is 8480. The van der Waals surface area contributed by atoms with E-state index >= 15 is 0 Å². The molecule has 0 saturated heterocycles. The SMILES string of the molecule is C(=C\c1ccc2c(c1)N(c1ccccc1)c1cccc3nc(-c4ccccc4)n-2c13)/c1ccccc1.[2H]c1c([2H])c([2H])c(-c2ccc(-c3ccc(-c4ccc5c(c4)N(c4ccccc4)c4cccc6nc(-c7ccccc7)n-5c46)cc3)cc2)c([2H])c1[2H].c1ccc(-c2nc3cccc4c3n2-c2ccc(-c3nc5ccccc5c5nc6ccccc6n35)cc2N4c2ccccc2)cc1. The number of aromatic nitrogens is 9. The molecule has 0 bridgehead atoms. The highest BCUT2D eigenvalue weighted by Crippen LogP contribution is 2.54. The first-order valence-electron chi connectivity index (χ1n) is 45.0. The van der Waals surface area contributed by atoms with Crippen LogP contribution in [0.2, 0.25) is 0 Å². The van der Waals surface area contributed by atoms with E-state index in [1.807, 2.05) is 84.9 Å². The van der Waals surface area contributed by atoms with Crippen LogP contribution in [-0.4, -0.2) is 43.0 Å². The van der Waals surface area contributed by atoms with Gasteiger partial charge in [-0.2, -0.15) is 0 Å². The van der Waals surface area contributed by atoms with Gasteiger partial charge in [-0.1, -0.05) is 321 Å². The monoisotopic (exact) mass is 1630 g/mol. The van der Waals surface area contributed by atoms with Crippen molar-refractivity contribution in [3.05, 3.63) is 460 Å². The van der Waals surface area contributed by atoms with Crippen LogP contribution >= 0.6 is 0 Å². The lowest BCUT2D eigenvalue weighted by Crippen LogP contribution is -2.18. The molecule has 127 heavy (non-hydrogen) atoms. The molecule has 596 valence electrons. The zero-order valence-electron chi connectivity index (χ0n) is 73.4. The lowest BCUT2D eigenvalue weighted by atomic mass is 9.97. The number of hydrogen-bond acceptors (Lipinski definition) is 8. The van der Waals surface area contributed by atoms with Gasteiger partial charge in [-0.25, -0.2) is 24.9 Å². The average molecular weight is 1630 g/mol. The number of imidazole rings is 4. The summed E-state index contributed by atoms with van der Waals surface area (Å²) in [5.41, 5.74) is 34.5. The third kappa shape index (κ3) is 12.8. The summed E-state index contributed by atoms with van der Waals surface area (Å²) in [5, 5.41) is 1.03. The molecule has 0 atom stereocenters. The molecule has 0 radical (unpaired) electrons. The zero-order valence-corrected chi connectivity index (χ0v) is 68.4. The van der Waals surface area contributed by atoms with Gasteiger partial charge in [0.25, 0.3) is 0 Å². The lowest BCUT2D eigenvalue weighted by molar-refractivity contribution is 1.06. The van der Waals surface area contributed by atoms with Crippen molar-refractivity contribution < 1.29 is 6.85 Å². The molecular formula is C115H76N12. The van der Waals surface area contributed by atoms with Crippen LogP contribution in [0.4, 0.5) is 51.2 Å². The molecule has 0 amide bonds. The fraction of sp³-hybridized carbons (Fsp3) is 0. The second-order valence-electron chi connectivity index (χ2n) is 31.6. The van der Waals surface area contributed by atoms with Crippen LogP contribution in [0.1, 0.15) is 18.0 Å². The summed E-state index contributed by atoms with van der Waals surface area (Å²) in [7, 11) is 0. The average Bonchev–Trinajstić information content (AvgIpc) is 1.52. The molecule has 0 fully saturated rings. The van der Waals surface area contributed by atoms with E-state index in [0.717, 1.165) is 202 Å². The van der Waals surface area contributed by atoms with Gasteiger partial charge in [-0.3, -0.25) is 18.1 Å². The molecule has 3 aliphatic heterocycles. The molecule has 18 aromatic carbocycles. The van der Waals surface area contributed by atoms with E-state index in [9.17, 15) is 0 Å². The number of anilines is 9. The number of fused-ring (bicyclic) bond motifs is 11. The predicted molar refractivity (Wildman–Crippen MR) is 523 cm³/mol. The number of para-hydroxylation sites is 9. The van der Waals surface area contributed by atoms with Crippen molar-refractivity contribution in [3.63, 3.8) is 0 Å². The highest BCUT2D eigenvalue weighted by molar-refractivity contribution is 6.08. The van der Waals surface area contributed by atoms with Crippen molar-refractivity contribution >= 4 is 124 Å². The molecule has 23 aromatic rings. The summed E-state index contributed by atoms with van der Waals surface area (Å²) >= 11 is 0. The fourth-order valence-corrected chi connectivity index (χ4v) is 18.4. The van der Waals surface area contributed by atoms with E-state index in [0.29, 0.717) is 5.56 Å². The highest BCUT2D eigenvalue weighted by atomic mass is 15.3. The maximum Gasteiger partial charge on any atom is 0.149 e. The third-order valence-electron chi connectivity index (χ3n) is 24.1. The lowest BCUT2D eigenvalue weighted by Gasteiger charge is -2.33. The predicted octanol–water partition coefficient (Wildman–Crippen LogP) is 29.6. The van der Waals surface area contributed by atoms with Crippen molar-refractivity contribution in [2.75, 3.05) is 14.7 Å². The molecule has 0 saturated carbocycles. The van der Waals surface area contributed by atoms with Crippen LogP contribution in [0.15, 0.2) is 449 Å². The summed E-state index contributed by atoms with van der Waals surface area (Å²) < 4.78 is 49.8. The smallest absolute Gasteiger partial charge is 0.149 e. The Morgan fingerprint density at radius 3 is 1.03 bits per heavy atom. The molecule has 12 nitrogen and oxygen atoms in total. The molecule has 0 aliphatic carbocycles. The van der Waals surface area contributed by atoms with Crippen molar-refractivity contribution in [1.82, 2.24) is 43.0 Å². The largest absolute Gasteiger partial charge is 0.306 e. The normalized spacial score (nSPS) is 12.7. The maximum atomic E-state index is 8.34. The van der Waals surface area contributed by atoms with E-state index in [2.05, 4.69) is 379 Å². The summed E-state index contributed by atoms with van der Waals surface area (Å²) in [6, 6.07) is 143. The number of benzene rings is 18. The van der Waals surface area contributed by atoms with Crippen molar-refractivity contribution in [1.29, 1.82) is 0 Å². The first-order chi connectivity index (χ1) is 65.1. The van der Waals surface area contributed by atoms with Gasteiger partial charge in [-0.05, 0) is 184 Å². The van der Waals surface area contributed by atoms with Gasteiger partial charge in [-0.15, -0.1) is 0 Å². The Hall–Kier alpha value is -17.4. The minimum atomic E-state index is -0.391. The van der Waals surface area contributed by atoms with E-state index < -0.39 is 6.04 Å². The second-order valence-corrected chi connectivity index (χ2v) is 31.6. The molecule has 0 N–H and O–H groups in total. The third-order valence-corrected chi connectivity index (χ3v) is 24.1. The number of hydrogen-bond donors (Lipinski definition) is 0. The Morgan fingerprint density at radius 1 is 0.213 bits per heavy atom. The van der Waals surface area contributed by atoms with Crippen LogP contribution in [0.25, 0.3) is 169 Å². The van der Waals surface area contributed by atoms with E-state index in [1.165, 1.54) is 5.56 Å². The number of nitrogens with zero attached hydrogens (tertiary/aromatic N) is 12. The standard InChI is InChI=1S/C43H29N3.C39H24N6.C33H23N3/c1-4-11-30(12-5-1)31-19-21-32(22-20-31)33-23-25-34(26-24-33)36-27-28-39-41(29-36)45(37-15-8-3-9-16-37)40-18-10-17-38-42(40)46(39)43(44-38)35-13-6-2-7-14-35;1-3-12-25(13-4-1)37-42-31-19-11-21-34-36(31)44(37)33-23-22-26(24-35(33)43(34)27-14-5-2-6-15-27)38-40-29-17-8-7-16-28(29)39-41-30-18-9-10-20-32(30)45(38)39;1-4-11-24(12-5-1)19-20-25-21-22-29-31(23-25)35(27-15-8-3-9-16-27)30-18-10-17-28-32(30)36(29)33(34-28)26-13-6-2-7-14-26/h1-29H;1-24H;1-23H/b;;20-19+/i1D,4D,5D,11D,12D;;. The van der Waals surface area contributed by atoms with Gasteiger partial charge in [0.15, 0.2) is 0 Å². The van der Waals surface area contributed by atoms with Gasteiger partial charge in [0.2, 0.25) is 0 Å². The van der Waals surface area contributed by atoms with Crippen molar-refractivity contribution in [2.45, 2.75) is 0 Å². The molecule has 0 unspecified atom stereocenters. The minimum absolute atomic E-state index is 0.203. The van der Waals surface area contributed by atoms with Crippen LogP contribution in [0, 0.1) is 0 Å². The van der Waals surface area contributed by atoms with Gasteiger partial charge in [0, 0.05) is 44.7 Å². The van der Waals surface area contributed by atoms with E-state index in [1.54, 1.807) is 0 Å². The second kappa shape index (κ2) is 31.0. The molecule has 8 heterocycles. The summed E-state index contributed by atoms with van der Waals surface area (Å²) in [6.07, 6.45) is 4.34. The van der Waals surface area contributed by atoms with Gasteiger partial charge < -0.3 is 14.7 Å². The van der Waals surface area contributed by atoms with E-state index in [4.69, 9.17) is 31.8 Å². The summed E-state index contributed by atoms with van der Waals surface area (Å²) in [4.78, 5) is 32.8. The first kappa shape index (κ1) is 68.3. The quantitative estimate of drug-likeness (QED) is 0.112. The Kier molecular flexibility index (Phi) is 16.7. The summed E-state index contributed by atoms with van der Waals surface area (Å²) in [6.45, 7) is 0. The Balaban J connectivity index is 0.000000111. The molecule has 5 aromatic heterocycles. The first-order valence-corrected chi connectivity index (χ1v) is 42.5. The van der Waals surface area contributed by atoms with Crippen LogP contribution < -0.4 is 14.7 Å². The molecule has 0 spiro atoms. The summed E-state index contributed by atoms with van der Waals surface area (Å²) in [5.74, 6) is 3.64. The molecule has 3 aliphatic rings. The molecule has 12 heteroatoms.